The van der Waals surface area contributed by atoms with E-state index in [4.69, 9.17) is 5.73 Å². The molecule has 4 nitrogen and oxygen atoms in total. The summed E-state index contributed by atoms with van der Waals surface area (Å²) in [6.45, 7) is 5.38. The molecule has 5 heteroatoms. The number of rotatable bonds is 6. The van der Waals surface area contributed by atoms with E-state index in [1.807, 2.05) is 6.92 Å². The monoisotopic (exact) mass is 254 g/mol. The van der Waals surface area contributed by atoms with Gasteiger partial charge in [0.15, 0.2) is 0 Å². The van der Waals surface area contributed by atoms with Gasteiger partial charge in [0.05, 0.1) is 5.75 Å². The van der Waals surface area contributed by atoms with Crippen LogP contribution >= 0.6 is 0 Å². The highest BCUT2D eigenvalue weighted by Gasteiger charge is 2.14. The highest BCUT2D eigenvalue weighted by Crippen LogP contribution is 2.09. The van der Waals surface area contributed by atoms with Crippen molar-refractivity contribution in [3.63, 3.8) is 0 Å². The van der Waals surface area contributed by atoms with Gasteiger partial charge >= 0.3 is 0 Å². The van der Waals surface area contributed by atoms with Gasteiger partial charge in [0, 0.05) is 11.7 Å². The summed E-state index contributed by atoms with van der Waals surface area (Å²) in [5.41, 5.74) is 6.88. The third kappa shape index (κ3) is 5.01. The van der Waals surface area contributed by atoms with E-state index in [0.29, 0.717) is 12.1 Å². The summed E-state index contributed by atoms with van der Waals surface area (Å²) in [7, 11) is -3.31. The molecule has 1 rings (SSSR count). The molecule has 0 amide bonds. The fourth-order valence-electron chi connectivity index (χ4n) is 1.48. The van der Waals surface area contributed by atoms with Gasteiger partial charge in [-0.2, -0.15) is 0 Å². The molecule has 0 fully saturated rings. The summed E-state index contributed by atoms with van der Waals surface area (Å²) >= 11 is 0. The van der Waals surface area contributed by atoms with Crippen LogP contribution in [0.4, 0.5) is 5.69 Å². The molecule has 3 N–H and O–H groups in total. The van der Waals surface area contributed by atoms with Crippen LogP contribution in [0.1, 0.15) is 18.9 Å². The molecule has 1 unspecified atom stereocenters. The number of nitrogen functional groups attached to an aromatic ring is 1. The second-order valence-corrected chi connectivity index (χ2v) is 5.80. The van der Waals surface area contributed by atoms with Crippen molar-refractivity contribution >= 4 is 15.7 Å². The first kappa shape index (κ1) is 13.7. The molecule has 17 heavy (non-hydrogen) atoms. The van der Waals surface area contributed by atoms with E-state index in [1.54, 1.807) is 30.3 Å². The van der Waals surface area contributed by atoms with Crippen LogP contribution in [0.15, 0.2) is 36.9 Å². The number of hydrogen-bond acceptors (Lipinski definition) is 3. The Morgan fingerprint density at radius 3 is 2.53 bits per heavy atom. The van der Waals surface area contributed by atoms with Crippen molar-refractivity contribution in [1.82, 2.24) is 4.72 Å². The summed E-state index contributed by atoms with van der Waals surface area (Å²) < 4.78 is 26.2. The number of sulfonamides is 1. The Labute approximate surface area is 103 Å². The minimum absolute atomic E-state index is 0.0330. The predicted octanol–water partition coefficient (Wildman–Crippen LogP) is 1.65. The number of nitrogens with two attached hydrogens (primary N) is 1. The Morgan fingerprint density at radius 1 is 1.41 bits per heavy atom. The third-order valence-corrected chi connectivity index (χ3v) is 3.71. The van der Waals surface area contributed by atoms with E-state index in [-0.39, 0.29) is 11.8 Å². The molecule has 0 aliphatic carbocycles. The van der Waals surface area contributed by atoms with Gasteiger partial charge in [0.25, 0.3) is 0 Å². The second kappa shape index (κ2) is 5.84. The highest BCUT2D eigenvalue weighted by atomic mass is 32.2. The lowest BCUT2D eigenvalue weighted by Crippen LogP contribution is -2.33. The van der Waals surface area contributed by atoms with Crippen LogP contribution in [0, 0.1) is 0 Å². The molecular weight excluding hydrogens is 236 g/mol. The Hall–Kier alpha value is -1.33. The first-order chi connectivity index (χ1) is 7.93. The van der Waals surface area contributed by atoms with Crippen molar-refractivity contribution in [1.29, 1.82) is 0 Å². The van der Waals surface area contributed by atoms with Crippen molar-refractivity contribution < 1.29 is 8.42 Å². The van der Waals surface area contributed by atoms with E-state index in [9.17, 15) is 8.42 Å². The maximum atomic E-state index is 11.8. The van der Waals surface area contributed by atoms with Gasteiger partial charge < -0.3 is 5.73 Å². The number of nitrogens with one attached hydrogen (secondary N) is 1. The van der Waals surface area contributed by atoms with Crippen LogP contribution in [-0.2, 0) is 15.8 Å². The molecule has 1 atom stereocenters. The molecule has 1 aromatic carbocycles. The zero-order chi connectivity index (χ0) is 12.9. The molecule has 0 radical (unpaired) electrons. The molecule has 94 valence electrons. The normalized spacial score (nSPS) is 13.2. The number of hydrogen-bond donors (Lipinski definition) is 2. The number of benzene rings is 1. The molecule has 0 aliphatic heterocycles. The van der Waals surface area contributed by atoms with Crippen LogP contribution in [0.5, 0.6) is 0 Å². The fourth-order valence-corrected chi connectivity index (χ4v) is 2.90. The molecule has 0 saturated heterocycles. The summed E-state index contributed by atoms with van der Waals surface area (Å²) in [5, 5.41) is 0. The molecule has 0 heterocycles. The maximum Gasteiger partial charge on any atom is 0.216 e. The zero-order valence-electron chi connectivity index (χ0n) is 9.89. The Kier molecular flexibility index (Phi) is 4.72. The fraction of sp³-hybridized carbons (Fsp3) is 0.333. The average Bonchev–Trinajstić information content (AvgIpc) is 2.20. The second-order valence-electron chi connectivity index (χ2n) is 4.04. The van der Waals surface area contributed by atoms with Crippen molar-refractivity contribution in [3.8, 4) is 0 Å². The van der Waals surface area contributed by atoms with Gasteiger partial charge in [-0.3, -0.25) is 0 Å². The van der Waals surface area contributed by atoms with Crippen LogP contribution in [0.25, 0.3) is 0 Å². The lowest BCUT2D eigenvalue weighted by atomic mass is 10.2. The predicted molar refractivity (Wildman–Crippen MR) is 70.9 cm³/mol. The van der Waals surface area contributed by atoms with E-state index in [1.165, 1.54) is 0 Å². The molecule has 0 aromatic heterocycles. The minimum Gasteiger partial charge on any atom is -0.399 e. The molecule has 0 bridgehead atoms. The first-order valence-corrected chi connectivity index (χ1v) is 7.03. The molecular formula is C12H18N2O2S. The number of anilines is 1. The van der Waals surface area contributed by atoms with Crippen molar-refractivity contribution in [2.45, 2.75) is 25.1 Å². The van der Waals surface area contributed by atoms with Crippen LogP contribution in [0.3, 0.4) is 0 Å². The lowest BCUT2D eigenvalue weighted by Gasteiger charge is -2.12. The minimum atomic E-state index is -3.31. The van der Waals surface area contributed by atoms with Crippen LogP contribution in [-0.4, -0.2) is 14.5 Å². The largest absolute Gasteiger partial charge is 0.399 e. The van der Waals surface area contributed by atoms with Gasteiger partial charge in [0.2, 0.25) is 10.0 Å². The Balaban J connectivity index is 2.66. The molecule has 0 aliphatic rings. The average molecular weight is 254 g/mol. The van der Waals surface area contributed by atoms with E-state index < -0.39 is 10.0 Å². The van der Waals surface area contributed by atoms with E-state index in [2.05, 4.69) is 11.3 Å². The summed E-state index contributed by atoms with van der Waals surface area (Å²) in [4.78, 5) is 0. The first-order valence-electron chi connectivity index (χ1n) is 5.38. The standard InChI is InChI=1S/C12H18N2O2S/c1-3-4-10(2)14-17(15,16)9-11-5-7-12(13)8-6-11/h3,5-8,10,14H,1,4,9,13H2,2H3. The third-order valence-electron chi connectivity index (χ3n) is 2.24. The van der Waals surface area contributed by atoms with Crippen molar-refractivity contribution in [2.75, 3.05) is 5.73 Å². The van der Waals surface area contributed by atoms with Crippen LogP contribution in [0.2, 0.25) is 0 Å². The molecule has 1 aromatic rings. The smallest absolute Gasteiger partial charge is 0.216 e. The SMILES string of the molecule is C=CCC(C)NS(=O)(=O)Cc1ccc(N)cc1. The highest BCUT2D eigenvalue weighted by molar-refractivity contribution is 7.88. The van der Waals surface area contributed by atoms with E-state index in [0.717, 1.165) is 5.56 Å². The zero-order valence-corrected chi connectivity index (χ0v) is 10.7. The summed E-state index contributed by atoms with van der Waals surface area (Å²) in [6.07, 6.45) is 2.30. The van der Waals surface area contributed by atoms with Crippen molar-refractivity contribution in [2.24, 2.45) is 0 Å². The van der Waals surface area contributed by atoms with Gasteiger partial charge in [-0.05, 0) is 31.0 Å². The van der Waals surface area contributed by atoms with Gasteiger partial charge in [-0.15, -0.1) is 6.58 Å². The Morgan fingerprint density at radius 2 is 2.00 bits per heavy atom. The molecule has 0 saturated carbocycles. The van der Waals surface area contributed by atoms with E-state index >= 15 is 0 Å². The topological polar surface area (TPSA) is 72.2 Å². The Bertz CT molecular complexity index is 466. The van der Waals surface area contributed by atoms with Crippen molar-refractivity contribution in [3.05, 3.63) is 42.5 Å². The van der Waals surface area contributed by atoms with Gasteiger partial charge in [-0.25, -0.2) is 13.1 Å². The lowest BCUT2D eigenvalue weighted by molar-refractivity contribution is 0.561. The molecule has 0 spiro atoms. The van der Waals surface area contributed by atoms with Gasteiger partial charge in [0.1, 0.15) is 0 Å². The quantitative estimate of drug-likeness (QED) is 0.599. The summed E-state index contributed by atoms with van der Waals surface area (Å²) in [5.74, 6) is -0.0330. The van der Waals surface area contributed by atoms with Gasteiger partial charge in [-0.1, -0.05) is 18.2 Å². The van der Waals surface area contributed by atoms with Crippen LogP contribution < -0.4 is 10.5 Å². The summed E-state index contributed by atoms with van der Waals surface area (Å²) in [6, 6.07) is 6.68. The maximum absolute atomic E-state index is 11.8.